The number of fused-ring (bicyclic) bond motifs is 1. The fraction of sp³-hybridized carbons (Fsp3) is 0.250. The van der Waals surface area contributed by atoms with Crippen molar-refractivity contribution in [3.8, 4) is 5.75 Å². The highest BCUT2D eigenvalue weighted by molar-refractivity contribution is 6.00. The lowest BCUT2D eigenvalue weighted by Crippen LogP contribution is -2.44. The summed E-state index contributed by atoms with van der Waals surface area (Å²) in [7, 11) is 1.58. The molecule has 0 aliphatic carbocycles. The highest BCUT2D eigenvalue weighted by Gasteiger charge is 2.30. The van der Waals surface area contributed by atoms with Crippen LogP contribution in [-0.2, 0) is 11.2 Å². The molecule has 1 amide bonds. The molecule has 0 saturated carbocycles. The van der Waals surface area contributed by atoms with Gasteiger partial charge >= 0.3 is 0 Å². The van der Waals surface area contributed by atoms with Gasteiger partial charge in [-0.05, 0) is 38.0 Å². The lowest BCUT2D eigenvalue weighted by molar-refractivity contribution is -0.114. The maximum Gasteiger partial charge on any atom is 0.271 e. The molecule has 1 aliphatic heterocycles. The van der Waals surface area contributed by atoms with Gasteiger partial charge in [0, 0.05) is 17.2 Å². The van der Waals surface area contributed by atoms with Gasteiger partial charge in [-0.3, -0.25) is 4.79 Å². The molecule has 6 heteroatoms. The molecule has 1 heterocycles. The second-order valence-electron chi connectivity index (χ2n) is 6.83. The van der Waals surface area contributed by atoms with Crippen molar-refractivity contribution in [3.05, 3.63) is 65.4 Å². The van der Waals surface area contributed by atoms with Crippen molar-refractivity contribution in [2.24, 2.45) is 16.0 Å². The fourth-order valence-corrected chi connectivity index (χ4v) is 3.03. The minimum absolute atomic E-state index is 0.105. The van der Waals surface area contributed by atoms with Gasteiger partial charge in [-0.1, -0.05) is 30.3 Å². The van der Waals surface area contributed by atoms with Crippen LogP contribution in [-0.4, -0.2) is 18.6 Å². The Labute approximate surface area is 152 Å². The summed E-state index contributed by atoms with van der Waals surface area (Å²) in [5.41, 5.74) is 8.74. The number of nitrogens with zero attached hydrogens (tertiary/aromatic N) is 2. The predicted molar refractivity (Wildman–Crippen MR) is 101 cm³/mol. The zero-order valence-corrected chi connectivity index (χ0v) is 15.1. The SMILES string of the molecule is COc1cccc(/N=N/C(C(N)=O)=C2/NC(C)(C)Cc3ccccc32)c1. The first kappa shape index (κ1) is 17.7. The van der Waals surface area contributed by atoms with Crippen molar-refractivity contribution < 1.29 is 9.53 Å². The standard InChI is InChI=1S/C20H22N4O2/c1-20(2)12-13-7-4-5-10-16(13)17(22-20)18(19(21)25)24-23-14-8-6-9-15(11-14)26-3/h4-11,22H,12H2,1-3H3,(H2,21,25)/b18-17+,24-23+. The van der Waals surface area contributed by atoms with E-state index in [0.717, 1.165) is 17.5 Å². The summed E-state index contributed by atoms with van der Waals surface area (Å²) < 4.78 is 5.18. The number of amides is 1. The van der Waals surface area contributed by atoms with Crippen LogP contribution in [0.25, 0.3) is 5.70 Å². The van der Waals surface area contributed by atoms with E-state index >= 15 is 0 Å². The average Bonchev–Trinajstić information content (AvgIpc) is 2.60. The van der Waals surface area contributed by atoms with Crippen LogP contribution in [0.5, 0.6) is 5.75 Å². The number of rotatable bonds is 4. The van der Waals surface area contributed by atoms with E-state index in [1.807, 2.05) is 30.3 Å². The molecule has 3 rings (SSSR count). The summed E-state index contributed by atoms with van der Waals surface area (Å²) >= 11 is 0. The number of methoxy groups -OCH3 is 1. The molecule has 0 unspecified atom stereocenters. The predicted octanol–water partition coefficient (Wildman–Crippen LogP) is 3.56. The molecule has 0 aromatic heterocycles. The number of carbonyl (C=O) groups is 1. The van der Waals surface area contributed by atoms with E-state index in [0.29, 0.717) is 17.1 Å². The van der Waals surface area contributed by atoms with E-state index in [2.05, 4.69) is 35.5 Å². The molecule has 6 nitrogen and oxygen atoms in total. The first-order valence-corrected chi connectivity index (χ1v) is 8.36. The zero-order chi connectivity index (χ0) is 18.7. The van der Waals surface area contributed by atoms with E-state index in [1.165, 1.54) is 0 Å². The maximum atomic E-state index is 12.1. The smallest absolute Gasteiger partial charge is 0.271 e. The molecule has 134 valence electrons. The lowest BCUT2D eigenvalue weighted by atomic mass is 9.85. The Kier molecular flexibility index (Phi) is 4.75. The van der Waals surface area contributed by atoms with Crippen molar-refractivity contribution in [2.75, 3.05) is 7.11 Å². The summed E-state index contributed by atoms with van der Waals surface area (Å²) in [6.45, 7) is 4.14. The third-order valence-electron chi connectivity index (χ3n) is 4.17. The molecule has 0 fully saturated rings. The maximum absolute atomic E-state index is 12.1. The minimum Gasteiger partial charge on any atom is -0.497 e. The highest BCUT2D eigenvalue weighted by Crippen LogP contribution is 2.32. The zero-order valence-electron chi connectivity index (χ0n) is 15.1. The van der Waals surface area contributed by atoms with Crippen molar-refractivity contribution in [1.29, 1.82) is 0 Å². The number of azo groups is 1. The van der Waals surface area contributed by atoms with Crippen LogP contribution in [0.3, 0.4) is 0 Å². The van der Waals surface area contributed by atoms with Crippen LogP contribution in [0.2, 0.25) is 0 Å². The minimum atomic E-state index is -0.633. The van der Waals surface area contributed by atoms with Crippen LogP contribution in [0, 0.1) is 0 Å². The van der Waals surface area contributed by atoms with Crippen molar-refractivity contribution in [2.45, 2.75) is 25.8 Å². The summed E-state index contributed by atoms with van der Waals surface area (Å²) in [5.74, 6) is 0.0312. The Morgan fingerprint density at radius 2 is 1.96 bits per heavy atom. The number of ether oxygens (including phenoxy) is 1. The Balaban J connectivity index is 2.09. The third-order valence-corrected chi connectivity index (χ3v) is 4.17. The van der Waals surface area contributed by atoms with Crippen molar-refractivity contribution in [3.63, 3.8) is 0 Å². The molecule has 0 bridgehead atoms. The summed E-state index contributed by atoms with van der Waals surface area (Å²) in [6, 6.07) is 15.1. The third kappa shape index (κ3) is 3.74. The molecule has 26 heavy (non-hydrogen) atoms. The molecule has 1 aliphatic rings. The number of nitrogens with two attached hydrogens (primary N) is 1. The normalized spacial score (nSPS) is 17.3. The Morgan fingerprint density at radius 3 is 2.69 bits per heavy atom. The number of hydrogen-bond acceptors (Lipinski definition) is 5. The van der Waals surface area contributed by atoms with Crippen molar-refractivity contribution in [1.82, 2.24) is 5.32 Å². The van der Waals surface area contributed by atoms with Crippen LogP contribution in [0.1, 0.15) is 25.0 Å². The number of primary amides is 1. The molecule has 2 aromatic rings. The van der Waals surface area contributed by atoms with Crippen LogP contribution >= 0.6 is 0 Å². The summed E-state index contributed by atoms with van der Waals surface area (Å²) in [4.78, 5) is 12.1. The van der Waals surface area contributed by atoms with Crippen LogP contribution < -0.4 is 15.8 Å². The second-order valence-corrected chi connectivity index (χ2v) is 6.83. The van der Waals surface area contributed by atoms with Gasteiger partial charge in [-0.15, -0.1) is 5.11 Å². The van der Waals surface area contributed by atoms with Gasteiger partial charge in [0.1, 0.15) is 5.75 Å². The number of benzene rings is 2. The van der Waals surface area contributed by atoms with Gasteiger partial charge in [-0.25, -0.2) is 0 Å². The first-order chi connectivity index (χ1) is 12.4. The fourth-order valence-electron chi connectivity index (χ4n) is 3.03. The monoisotopic (exact) mass is 350 g/mol. The van der Waals surface area contributed by atoms with Crippen LogP contribution in [0.4, 0.5) is 5.69 Å². The topological polar surface area (TPSA) is 89.1 Å². The average molecular weight is 350 g/mol. The first-order valence-electron chi connectivity index (χ1n) is 8.36. The molecule has 0 radical (unpaired) electrons. The molecule has 0 saturated heterocycles. The van der Waals surface area contributed by atoms with E-state index in [1.54, 1.807) is 19.2 Å². The molecule has 3 N–H and O–H groups in total. The van der Waals surface area contributed by atoms with Gasteiger partial charge in [0.05, 0.1) is 18.5 Å². The van der Waals surface area contributed by atoms with E-state index in [-0.39, 0.29) is 11.2 Å². The second kappa shape index (κ2) is 7.00. The number of hydrogen-bond donors (Lipinski definition) is 2. The molecular formula is C20H22N4O2. The van der Waals surface area contributed by atoms with Gasteiger partial charge in [0.15, 0.2) is 5.70 Å². The largest absolute Gasteiger partial charge is 0.497 e. The van der Waals surface area contributed by atoms with Gasteiger partial charge in [-0.2, -0.15) is 5.11 Å². The Hall–Kier alpha value is -3.15. The molecule has 2 aromatic carbocycles. The quantitative estimate of drug-likeness (QED) is 0.653. The van der Waals surface area contributed by atoms with E-state index in [4.69, 9.17) is 10.5 Å². The lowest BCUT2D eigenvalue weighted by Gasteiger charge is -2.35. The molecule has 0 atom stereocenters. The summed E-state index contributed by atoms with van der Waals surface area (Å²) in [5, 5.41) is 11.7. The molecule has 0 spiro atoms. The summed E-state index contributed by atoms with van der Waals surface area (Å²) in [6.07, 6.45) is 0.839. The molecular weight excluding hydrogens is 328 g/mol. The Morgan fingerprint density at radius 1 is 1.19 bits per heavy atom. The number of carbonyl (C=O) groups excluding carboxylic acids is 1. The van der Waals surface area contributed by atoms with Crippen molar-refractivity contribution >= 4 is 17.3 Å². The highest BCUT2D eigenvalue weighted by atomic mass is 16.5. The van der Waals surface area contributed by atoms with Crippen LogP contribution in [0.15, 0.2) is 64.5 Å². The van der Waals surface area contributed by atoms with Gasteiger partial charge < -0.3 is 15.8 Å². The van der Waals surface area contributed by atoms with E-state index < -0.39 is 5.91 Å². The number of nitrogens with one attached hydrogen (secondary N) is 1. The Bertz CT molecular complexity index is 900. The van der Waals surface area contributed by atoms with Gasteiger partial charge in [0.25, 0.3) is 5.91 Å². The van der Waals surface area contributed by atoms with Gasteiger partial charge in [0.2, 0.25) is 0 Å². The van der Waals surface area contributed by atoms with E-state index in [9.17, 15) is 4.79 Å².